The van der Waals surface area contributed by atoms with Gasteiger partial charge in [-0.15, -0.1) is 0 Å². The van der Waals surface area contributed by atoms with E-state index in [1.165, 1.54) is 20.0 Å². The highest BCUT2D eigenvalue weighted by Gasteiger charge is 2.53. The van der Waals surface area contributed by atoms with Crippen LogP contribution in [0.1, 0.15) is 25.7 Å². The van der Waals surface area contributed by atoms with Crippen molar-refractivity contribution in [2.24, 2.45) is 11.3 Å². The maximum Gasteiger partial charge on any atom is 0.310 e. The average molecular weight is 227 g/mol. The van der Waals surface area contributed by atoms with Crippen LogP contribution < -0.4 is 5.32 Å². The fourth-order valence-corrected chi connectivity index (χ4v) is 3.42. The summed E-state index contributed by atoms with van der Waals surface area (Å²) >= 11 is 0. The molecule has 0 radical (unpaired) electrons. The fraction of sp³-hybridized carbons (Fsp3) is 0.917. The first-order chi connectivity index (χ1) is 7.74. The number of rotatable bonds is 2. The van der Waals surface area contributed by atoms with E-state index >= 15 is 0 Å². The number of hydrogen-bond acceptors (Lipinski definition) is 4. The Kier molecular flexibility index (Phi) is 3.50. The van der Waals surface area contributed by atoms with Gasteiger partial charge in [-0.1, -0.05) is 12.8 Å². The van der Waals surface area contributed by atoms with E-state index in [1.807, 2.05) is 0 Å². The lowest BCUT2D eigenvalue weighted by molar-refractivity contribution is -0.154. The van der Waals surface area contributed by atoms with E-state index in [0.29, 0.717) is 0 Å². The van der Waals surface area contributed by atoms with Crippen LogP contribution in [0.2, 0.25) is 0 Å². The number of hydrogen-bond donors (Lipinski definition) is 1. The molecule has 0 aromatic rings. The van der Waals surface area contributed by atoms with Crippen LogP contribution in [0.5, 0.6) is 0 Å². The topological polar surface area (TPSA) is 47.6 Å². The van der Waals surface area contributed by atoms with Crippen molar-refractivity contribution in [2.75, 3.05) is 27.3 Å². The minimum absolute atomic E-state index is 0.0277. The van der Waals surface area contributed by atoms with Gasteiger partial charge in [-0.2, -0.15) is 0 Å². The first-order valence-corrected chi connectivity index (χ1v) is 6.06. The monoisotopic (exact) mass is 227 g/mol. The van der Waals surface area contributed by atoms with Crippen molar-refractivity contribution in [3.8, 4) is 0 Å². The van der Waals surface area contributed by atoms with Crippen LogP contribution in [-0.4, -0.2) is 39.4 Å². The van der Waals surface area contributed by atoms with Crippen LogP contribution in [0.15, 0.2) is 0 Å². The molecular weight excluding hydrogens is 206 g/mol. The van der Waals surface area contributed by atoms with Gasteiger partial charge >= 0.3 is 5.97 Å². The second-order valence-electron chi connectivity index (χ2n) is 4.91. The van der Waals surface area contributed by atoms with Gasteiger partial charge in [-0.3, -0.25) is 4.79 Å². The van der Waals surface area contributed by atoms with E-state index in [1.54, 1.807) is 7.11 Å². The summed E-state index contributed by atoms with van der Waals surface area (Å²) in [5.74, 6) is -0.128. The molecule has 2 rings (SSSR count). The molecular formula is C12H21NO3. The van der Waals surface area contributed by atoms with Crippen LogP contribution in [-0.2, 0) is 14.3 Å². The SMILES string of the molecule is COC(=O)C1CNCC12CCCCC2OC. The molecule has 1 N–H and O–H groups in total. The summed E-state index contributed by atoms with van der Waals surface area (Å²) in [5.41, 5.74) is -0.0277. The molecule has 4 heteroatoms. The first kappa shape index (κ1) is 11.9. The van der Waals surface area contributed by atoms with Crippen molar-refractivity contribution < 1.29 is 14.3 Å². The van der Waals surface area contributed by atoms with E-state index in [4.69, 9.17) is 9.47 Å². The van der Waals surface area contributed by atoms with Gasteiger partial charge in [-0.25, -0.2) is 0 Å². The number of methoxy groups -OCH3 is 2. The molecule has 1 aliphatic heterocycles. The van der Waals surface area contributed by atoms with Gasteiger partial charge in [0.1, 0.15) is 0 Å². The highest BCUT2D eigenvalue weighted by molar-refractivity contribution is 5.74. The van der Waals surface area contributed by atoms with Crippen LogP contribution >= 0.6 is 0 Å². The summed E-state index contributed by atoms with van der Waals surface area (Å²) in [5, 5.41) is 3.33. The molecule has 4 nitrogen and oxygen atoms in total. The van der Waals surface area contributed by atoms with Gasteiger partial charge in [-0.05, 0) is 12.8 Å². The summed E-state index contributed by atoms with van der Waals surface area (Å²) in [4.78, 5) is 11.8. The Balaban J connectivity index is 2.22. The lowest BCUT2D eigenvalue weighted by atomic mass is 9.65. The highest BCUT2D eigenvalue weighted by Crippen LogP contribution is 2.46. The molecule has 0 amide bonds. The molecule has 1 spiro atoms. The van der Waals surface area contributed by atoms with Gasteiger partial charge in [0.15, 0.2) is 0 Å². The van der Waals surface area contributed by atoms with Crippen molar-refractivity contribution in [1.29, 1.82) is 0 Å². The Morgan fingerprint density at radius 1 is 1.38 bits per heavy atom. The highest BCUT2D eigenvalue weighted by atomic mass is 16.5. The summed E-state index contributed by atoms with van der Waals surface area (Å²) in [6.07, 6.45) is 4.72. The zero-order valence-electron chi connectivity index (χ0n) is 10.1. The number of ether oxygens (including phenoxy) is 2. The second kappa shape index (κ2) is 4.72. The lowest BCUT2D eigenvalue weighted by Crippen LogP contribution is -2.48. The Morgan fingerprint density at radius 2 is 2.19 bits per heavy atom. The predicted octanol–water partition coefficient (Wildman–Crippen LogP) is 0.954. The van der Waals surface area contributed by atoms with E-state index in [9.17, 15) is 4.79 Å². The van der Waals surface area contributed by atoms with E-state index in [0.717, 1.165) is 25.9 Å². The zero-order chi connectivity index (χ0) is 11.6. The van der Waals surface area contributed by atoms with Gasteiger partial charge in [0.2, 0.25) is 0 Å². The number of carbonyl (C=O) groups excluding carboxylic acids is 1. The second-order valence-corrected chi connectivity index (χ2v) is 4.91. The lowest BCUT2D eigenvalue weighted by Gasteiger charge is -2.43. The van der Waals surface area contributed by atoms with Crippen LogP contribution in [0.4, 0.5) is 0 Å². The van der Waals surface area contributed by atoms with E-state index in [-0.39, 0.29) is 23.4 Å². The van der Waals surface area contributed by atoms with Gasteiger partial charge in [0.05, 0.1) is 19.1 Å². The quantitative estimate of drug-likeness (QED) is 0.714. The number of nitrogens with one attached hydrogen (secondary N) is 1. The molecule has 1 aliphatic carbocycles. The first-order valence-electron chi connectivity index (χ1n) is 6.06. The number of carbonyl (C=O) groups is 1. The zero-order valence-corrected chi connectivity index (χ0v) is 10.1. The number of esters is 1. The van der Waals surface area contributed by atoms with Crippen molar-refractivity contribution in [3.63, 3.8) is 0 Å². The molecule has 0 bridgehead atoms. The Bertz CT molecular complexity index is 269. The molecule has 3 atom stereocenters. The fourth-order valence-electron chi connectivity index (χ4n) is 3.42. The van der Waals surface area contributed by atoms with Gasteiger partial charge < -0.3 is 14.8 Å². The summed E-state index contributed by atoms with van der Waals surface area (Å²) < 4.78 is 10.5. The summed E-state index contributed by atoms with van der Waals surface area (Å²) in [6, 6.07) is 0. The maximum atomic E-state index is 11.8. The minimum atomic E-state index is -0.0889. The van der Waals surface area contributed by atoms with Crippen LogP contribution in [0.3, 0.4) is 0 Å². The van der Waals surface area contributed by atoms with E-state index < -0.39 is 0 Å². The molecule has 1 heterocycles. The van der Waals surface area contributed by atoms with Crippen molar-refractivity contribution >= 4 is 5.97 Å². The maximum absolute atomic E-state index is 11.8. The molecule has 16 heavy (non-hydrogen) atoms. The predicted molar refractivity (Wildman–Crippen MR) is 60.1 cm³/mol. The van der Waals surface area contributed by atoms with Gasteiger partial charge in [0.25, 0.3) is 0 Å². The Labute approximate surface area is 96.7 Å². The molecule has 2 fully saturated rings. The smallest absolute Gasteiger partial charge is 0.310 e. The minimum Gasteiger partial charge on any atom is -0.469 e. The van der Waals surface area contributed by atoms with Crippen LogP contribution in [0, 0.1) is 11.3 Å². The molecule has 0 aromatic carbocycles. The summed E-state index contributed by atoms with van der Waals surface area (Å²) in [7, 11) is 3.23. The van der Waals surface area contributed by atoms with Crippen molar-refractivity contribution in [2.45, 2.75) is 31.8 Å². The normalized spacial score (nSPS) is 38.9. The Morgan fingerprint density at radius 3 is 2.88 bits per heavy atom. The summed E-state index contributed by atoms with van der Waals surface area (Å²) in [6.45, 7) is 1.61. The Hall–Kier alpha value is -0.610. The third-order valence-electron chi connectivity index (χ3n) is 4.27. The molecule has 2 aliphatic rings. The van der Waals surface area contributed by atoms with Crippen molar-refractivity contribution in [3.05, 3.63) is 0 Å². The van der Waals surface area contributed by atoms with Gasteiger partial charge in [0, 0.05) is 25.6 Å². The average Bonchev–Trinajstić information content (AvgIpc) is 2.73. The van der Waals surface area contributed by atoms with Crippen LogP contribution in [0.25, 0.3) is 0 Å². The van der Waals surface area contributed by atoms with E-state index in [2.05, 4.69) is 5.32 Å². The third-order valence-corrected chi connectivity index (χ3v) is 4.27. The molecule has 92 valence electrons. The molecule has 3 unspecified atom stereocenters. The standard InChI is InChI=1S/C12H21NO3/c1-15-10-5-3-4-6-12(10)8-13-7-9(12)11(14)16-2/h9-10,13H,3-8H2,1-2H3. The van der Waals surface area contributed by atoms with Crippen molar-refractivity contribution in [1.82, 2.24) is 5.32 Å². The molecule has 1 saturated heterocycles. The third kappa shape index (κ3) is 1.74. The largest absolute Gasteiger partial charge is 0.469 e. The molecule has 0 aromatic heterocycles. The molecule has 1 saturated carbocycles.